The molecule has 0 saturated carbocycles. The van der Waals surface area contributed by atoms with Crippen LogP contribution in [0.3, 0.4) is 0 Å². The molecule has 0 aliphatic heterocycles. The predicted octanol–water partition coefficient (Wildman–Crippen LogP) is 2.19. The highest BCUT2D eigenvalue weighted by Gasteiger charge is 2.28. The van der Waals surface area contributed by atoms with Gasteiger partial charge in [-0.2, -0.15) is 0 Å². The average Bonchev–Trinajstić information content (AvgIpc) is 2.94. The van der Waals surface area contributed by atoms with Crippen LogP contribution >= 0.6 is 0 Å². The molecule has 0 aliphatic rings. The van der Waals surface area contributed by atoms with Crippen LogP contribution in [0.2, 0.25) is 0 Å². The minimum atomic E-state index is -2.93. The minimum Gasteiger partial charge on any atom is -0.460 e. The van der Waals surface area contributed by atoms with Crippen LogP contribution in [0.4, 0.5) is 8.78 Å². The van der Waals surface area contributed by atoms with Gasteiger partial charge >= 0.3 is 5.97 Å². The summed E-state index contributed by atoms with van der Waals surface area (Å²) < 4.78 is 36.9. The van der Waals surface area contributed by atoms with Gasteiger partial charge in [-0.3, -0.25) is 0 Å². The maximum Gasteiger partial charge on any atom is 0.376 e. The van der Waals surface area contributed by atoms with Crippen molar-refractivity contribution < 1.29 is 22.7 Å². The summed E-state index contributed by atoms with van der Waals surface area (Å²) in [5.41, 5.74) is -0.341. The highest BCUT2D eigenvalue weighted by Crippen LogP contribution is 2.28. The summed E-state index contributed by atoms with van der Waals surface area (Å²) in [4.78, 5) is 19.0. The number of rotatable bonds is 4. The lowest BCUT2D eigenvalue weighted by atomic mass is 10.3. The second-order valence-corrected chi connectivity index (χ2v) is 3.64. The normalized spacial score (nSPS) is 11.0. The van der Waals surface area contributed by atoms with Gasteiger partial charge in [0.25, 0.3) is 6.43 Å². The maximum atomic E-state index is 12.8. The van der Waals surface area contributed by atoms with Crippen molar-refractivity contribution in [1.29, 1.82) is 0 Å². The first-order chi connectivity index (χ1) is 9.04. The molecule has 0 radical (unpaired) electrons. The van der Waals surface area contributed by atoms with Crippen molar-refractivity contribution in [3.05, 3.63) is 24.0 Å². The fourth-order valence-electron chi connectivity index (χ4n) is 1.50. The zero-order valence-electron chi connectivity index (χ0n) is 10.3. The summed E-state index contributed by atoms with van der Waals surface area (Å²) in [6.07, 6.45) is -0.0631. The van der Waals surface area contributed by atoms with Crippen LogP contribution < -0.4 is 0 Å². The van der Waals surface area contributed by atoms with Crippen molar-refractivity contribution in [3.63, 3.8) is 0 Å². The third-order valence-electron chi connectivity index (χ3n) is 2.36. The van der Waals surface area contributed by atoms with Gasteiger partial charge in [0, 0.05) is 7.05 Å². The van der Waals surface area contributed by atoms with Gasteiger partial charge in [-0.25, -0.2) is 23.5 Å². The van der Waals surface area contributed by atoms with Gasteiger partial charge in [-0.1, -0.05) is 0 Å². The van der Waals surface area contributed by atoms with E-state index in [-0.39, 0.29) is 12.5 Å². The lowest BCUT2D eigenvalue weighted by Gasteiger charge is -1.99. The van der Waals surface area contributed by atoms with Crippen molar-refractivity contribution >= 4 is 5.97 Å². The molecular formula is C11H11F2N3O3. The molecule has 8 heteroatoms. The number of carbonyl (C=O) groups is 1. The zero-order valence-corrected chi connectivity index (χ0v) is 10.3. The molecule has 0 bridgehead atoms. The van der Waals surface area contributed by atoms with E-state index >= 15 is 0 Å². The quantitative estimate of drug-likeness (QED) is 0.797. The molecule has 0 N–H and O–H groups in total. The van der Waals surface area contributed by atoms with E-state index in [1.54, 1.807) is 14.0 Å². The lowest BCUT2D eigenvalue weighted by molar-refractivity contribution is 0.0476. The van der Waals surface area contributed by atoms with Crippen molar-refractivity contribution in [2.24, 2.45) is 7.05 Å². The van der Waals surface area contributed by atoms with E-state index in [9.17, 15) is 13.6 Å². The SMILES string of the molecule is CCOC(=O)c1oc(-c2cncn2C)nc1C(F)F. The van der Waals surface area contributed by atoms with E-state index < -0.39 is 23.8 Å². The van der Waals surface area contributed by atoms with Gasteiger partial charge in [-0.15, -0.1) is 0 Å². The molecule has 2 rings (SSSR count). The fourth-order valence-corrected chi connectivity index (χ4v) is 1.50. The first-order valence-corrected chi connectivity index (χ1v) is 5.47. The molecule has 0 saturated heterocycles. The Labute approximate surface area is 107 Å². The topological polar surface area (TPSA) is 70.2 Å². The largest absolute Gasteiger partial charge is 0.460 e. The number of hydrogen-bond acceptors (Lipinski definition) is 5. The molecule has 0 atom stereocenters. The predicted molar refractivity (Wildman–Crippen MR) is 59.6 cm³/mol. The van der Waals surface area contributed by atoms with Gasteiger partial charge in [-0.05, 0) is 6.92 Å². The molecule has 2 aromatic rings. The van der Waals surface area contributed by atoms with Crippen LogP contribution in [-0.4, -0.2) is 27.1 Å². The smallest absolute Gasteiger partial charge is 0.376 e. The highest BCUT2D eigenvalue weighted by molar-refractivity contribution is 5.88. The molecule has 0 unspecified atom stereocenters. The van der Waals surface area contributed by atoms with E-state index in [2.05, 4.69) is 14.7 Å². The Morgan fingerprint density at radius 1 is 1.58 bits per heavy atom. The van der Waals surface area contributed by atoms with E-state index in [0.29, 0.717) is 5.69 Å². The number of aromatic nitrogens is 3. The van der Waals surface area contributed by atoms with E-state index in [1.165, 1.54) is 17.1 Å². The summed E-state index contributed by atoms with van der Waals surface area (Å²) in [5, 5.41) is 0. The lowest BCUT2D eigenvalue weighted by Crippen LogP contribution is -2.06. The van der Waals surface area contributed by atoms with Gasteiger partial charge in [0.2, 0.25) is 11.7 Å². The number of oxazole rings is 1. The number of carbonyl (C=O) groups excluding carboxylic acids is 1. The standard InChI is InChI=1S/C11H11F2N3O3/c1-3-18-11(17)8-7(9(12)13)15-10(19-8)6-4-14-5-16(6)2/h4-5,9H,3H2,1-2H3. The molecular weight excluding hydrogens is 260 g/mol. The Bertz CT molecular complexity index is 592. The summed E-state index contributed by atoms with van der Waals surface area (Å²) in [7, 11) is 1.65. The molecule has 2 aromatic heterocycles. The Morgan fingerprint density at radius 3 is 2.84 bits per heavy atom. The fraction of sp³-hybridized carbons (Fsp3) is 0.364. The number of alkyl halides is 2. The molecule has 102 valence electrons. The minimum absolute atomic E-state index is 0.0588. The number of hydrogen-bond donors (Lipinski definition) is 0. The van der Waals surface area contributed by atoms with Gasteiger partial charge in [0.1, 0.15) is 5.69 Å². The zero-order chi connectivity index (χ0) is 14.0. The molecule has 0 fully saturated rings. The highest BCUT2D eigenvalue weighted by atomic mass is 19.3. The summed E-state index contributed by atoms with van der Waals surface area (Å²) in [6, 6.07) is 0. The first-order valence-electron chi connectivity index (χ1n) is 5.47. The van der Waals surface area contributed by atoms with Crippen LogP contribution in [0.1, 0.15) is 29.6 Å². The first kappa shape index (κ1) is 13.2. The Kier molecular flexibility index (Phi) is 3.59. The Balaban J connectivity index is 2.46. The molecule has 0 aliphatic carbocycles. The molecule has 2 heterocycles. The van der Waals surface area contributed by atoms with Crippen LogP contribution in [0, 0.1) is 0 Å². The third-order valence-corrected chi connectivity index (χ3v) is 2.36. The van der Waals surface area contributed by atoms with E-state index in [1.807, 2.05) is 0 Å². The number of nitrogens with zero attached hydrogens (tertiary/aromatic N) is 3. The number of esters is 1. The average molecular weight is 271 g/mol. The van der Waals surface area contributed by atoms with E-state index in [0.717, 1.165) is 0 Å². The molecule has 6 nitrogen and oxygen atoms in total. The molecule has 19 heavy (non-hydrogen) atoms. The van der Waals surface area contributed by atoms with Crippen molar-refractivity contribution in [2.45, 2.75) is 13.3 Å². The maximum absolute atomic E-state index is 12.8. The molecule has 0 amide bonds. The van der Waals surface area contributed by atoms with Gasteiger partial charge in [0.15, 0.2) is 5.69 Å². The van der Waals surface area contributed by atoms with Gasteiger partial charge < -0.3 is 13.7 Å². The van der Waals surface area contributed by atoms with E-state index in [4.69, 9.17) is 4.42 Å². The van der Waals surface area contributed by atoms with Crippen LogP contribution in [0.15, 0.2) is 16.9 Å². The van der Waals surface area contributed by atoms with Crippen molar-refractivity contribution in [2.75, 3.05) is 6.61 Å². The van der Waals surface area contributed by atoms with Crippen LogP contribution in [-0.2, 0) is 11.8 Å². The number of halogens is 2. The second-order valence-electron chi connectivity index (χ2n) is 3.64. The third kappa shape index (κ3) is 2.47. The number of aryl methyl sites for hydroxylation is 1. The monoisotopic (exact) mass is 271 g/mol. The summed E-state index contributed by atoms with van der Waals surface area (Å²) in [5.74, 6) is -1.63. The Morgan fingerprint density at radius 2 is 2.32 bits per heavy atom. The molecule has 0 aromatic carbocycles. The van der Waals surface area contributed by atoms with Crippen LogP contribution in [0.5, 0.6) is 0 Å². The summed E-state index contributed by atoms with van der Waals surface area (Å²) >= 11 is 0. The van der Waals surface area contributed by atoms with Gasteiger partial charge in [0.05, 0.1) is 19.1 Å². The van der Waals surface area contributed by atoms with Crippen molar-refractivity contribution in [1.82, 2.24) is 14.5 Å². The Hall–Kier alpha value is -2.25. The van der Waals surface area contributed by atoms with Crippen molar-refractivity contribution in [3.8, 4) is 11.6 Å². The molecule has 0 spiro atoms. The number of ether oxygens (including phenoxy) is 1. The number of imidazole rings is 1. The van der Waals surface area contributed by atoms with Crippen LogP contribution in [0.25, 0.3) is 11.6 Å². The second kappa shape index (κ2) is 5.17. The summed E-state index contributed by atoms with van der Waals surface area (Å²) in [6.45, 7) is 1.63.